The second-order valence-corrected chi connectivity index (χ2v) is 13.1. The van der Waals surface area contributed by atoms with E-state index in [9.17, 15) is 34.8 Å². The molecule has 4 atom stereocenters. The van der Waals surface area contributed by atoms with E-state index < -0.39 is 58.0 Å². The molecule has 0 aliphatic heterocycles. The Morgan fingerprint density at radius 3 is 2.41 bits per heavy atom. The number of aromatic hydroxyl groups is 1. The van der Waals surface area contributed by atoms with Crippen LogP contribution in [0, 0.1) is 17.8 Å². The Labute approximate surface area is 258 Å². The lowest BCUT2D eigenvalue weighted by molar-refractivity contribution is -0.153. The van der Waals surface area contributed by atoms with E-state index in [1.807, 2.05) is 0 Å². The third kappa shape index (κ3) is 5.08. The summed E-state index contributed by atoms with van der Waals surface area (Å²) in [5.41, 5.74) is 3.06. The largest absolute Gasteiger partial charge is 0.508 e. The van der Waals surface area contributed by atoms with Gasteiger partial charge in [0.2, 0.25) is 5.78 Å². The SMILES string of the molecule is CCN(CCC1CCCCC1)Cc1cc(O)c2c(c1OC)C[C@H]1C[C@H]3[C@H](N(C)C)C(=O)C(C(N)=O)=C(O)[C@@]3(O)C(=O)C1=C2O. The summed E-state index contributed by atoms with van der Waals surface area (Å²) in [6, 6.07) is 0.420. The van der Waals surface area contributed by atoms with E-state index in [0.717, 1.165) is 31.0 Å². The average Bonchev–Trinajstić information content (AvgIpc) is 2.97. The van der Waals surface area contributed by atoms with Gasteiger partial charge in [-0.1, -0.05) is 39.0 Å². The zero-order valence-electron chi connectivity index (χ0n) is 26.1. The molecule has 11 nitrogen and oxygen atoms in total. The second kappa shape index (κ2) is 12.2. The molecule has 1 amide bonds. The summed E-state index contributed by atoms with van der Waals surface area (Å²) < 4.78 is 5.89. The first-order valence-electron chi connectivity index (χ1n) is 15.6. The van der Waals surface area contributed by atoms with Crippen molar-refractivity contribution in [1.82, 2.24) is 9.80 Å². The van der Waals surface area contributed by atoms with Crippen molar-refractivity contribution in [3.05, 3.63) is 39.7 Å². The molecule has 2 fully saturated rings. The summed E-state index contributed by atoms with van der Waals surface area (Å²) in [4.78, 5) is 43.3. The van der Waals surface area contributed by atoms with Crippen molar-refractivity contribution >= 4 is 23.2 Å². The van der Waals surface area contributed by atoms with Gasteiger partial charge >= 0.3 is 0 Å². The quantitative estimate of drug-likeness (QED) is 0.261. The normalized spacial score (nSPS) is 27.5. The number of nitrogens with two attached hydrogens (primary N) is 1. The minimum atomic E-state index is -2.66. The first kappa shape index (κ1) is 32.0. The number of Topliss-reactive ketones (excluding diaryl/α,β-unsaturated/α-hetero) is 2. The number of rotatable bonds is 9. The molecule has 1 aromatic carbocycles. The Balaban J connectivity index is 1.54. The second-order valence-electron chi connectivity index (χ2n) is 13.1. The summed E-state index contributed by atoms with van der Waals surface area (Å²) in [6.45, 7) is 4.35. The number of phenolic OH excluding ortho intramolecular Hbond substituents is 1. The number of methoxy groups -OCH3 is 1. The molecular formula is C33H45N3O8. The van der Waals surface area contributed by atoms with E-state index in [-0.39, 0.29) is 29.7 Å². The van der Waals surface area contributed by atoms with Crippen LogP contribution in [0.3, 0.4) is 0 Å². The molecule has 6 N–H and O–H groups in total. The van der Waals surface area contributed by atoms with Crippen molar-refractivity contribution in [3.63, 3.8) is 0 Å². The third-order valence-corrected chi connectivity index (χ3v) is 10.4. The number of carbonyl (C=O) groups excluding carboxylic acids is 3. The molecule has 0 unspecified atom stereocenters. The molecule has 0 saturated heterocycles. The van der Waals surface area contributed by atoms with E-state index in [1.165, 1.54) is 44.1 Å². The van der Waals surface area contributed by atoms with Crippen molar-refractivity contribution in [2.24, 2.45) is 23.5 Å². The number of hydrogen-bond acceptors (Lipinski definition) is 10. The van der Waals surface area contributed by atoms with E-state index in [0.29, 0.717) is 17.9 Å². The number of likely N-dealkylation sites (N-methyl/N-ethyl adjacent to an activating group) is 1. The molecule has 240 valence electrons. The molecule has 0 radical (unpaired) electrons. The maximum absolute atomic E-state index is 14.0. The molecule has 4 aliphatic carbocycles. The van der Waals surface area contributed by atoms with Crippen LogP contribution < -0.4 is 10.5 Å². The minimum absolute atomic E-state index is 0.0301. The van der Waals surface area contributed by atoms with Gasteiger partial charge in [-0.25, -0.2) is 0 Å². The number of ether oxygens (including phenoxy) is 1. The summed E-state index contributed by atoms with van der Waals surface area (Å²) in [7, 11) is 4.69. The van der Waals surface area contributed by atoms with Gasteiger partial charge in [0.1, 0.15) is 28.6 Å². The molecule has 0 bridgehead atoms. The van der Waals surface area contributed by atoms with Gasteiger partial charge in [0.15, 0.2) is 11.4 Å². The molecule has 1 aromatic rings. The first-order chi connectivity index (χ1) is 20.9. The molecule has 2 saturated carbocycles. The highest BCUT2D eigenvalue weighted by atomic mass is 16.5. The highest BCUT2D eigenvalue weighted by molar-refractivity contribution is 6.24. The number of aliphatic hydroxyl groups excluding tert-OH is 2. The van der Waals surface area contributed by atoms with Crippen LogP contribution in [0.4, 0.5) is 0 Å². The van der Waals surface area contributed by atoms with Crippen LogP contribution in [0.1, 0.15) is 68.6 Å². The van der Waals surface area contributed by atoms with Crippen molar-refractivity contribution < 1.29 is 39.5 Å². The number of aliphatic hydroxyl groups is 3. The van der Waals surface area contributed by atoms with Gasteiger partial charge in [0.25, 0.3) is 5.91 Å². The van der Waals surface area contributed by atoms with Gasteiger partial charge in [-0.2, -0.15) is 0 Å². The average molecular weight is 612 g/mol. The van der Waals surface area contributed by atoms with Gasteiger partial charge in [-0.05, 0) is 64.3 Å². The lowest BCUT2D eigenvalue weighted by Crippen LogP contribution is -2.65. The first-order valence-corrected chi connectivity index (χ1v) is 15.6. The van der Waals surface area contributed by atoms with Crippen LogP contribution in [0.5, 0.6) is 11.5 Å². The fraction of sp³-hybridized carbons (Fsp3) is 0.606. The smallest absolute Gasteiger partial charge is 0.255 e. The monoisotopic (exact) mass is 611 g/mol. The van der Waals surface area contributed by atoms with Crippen LogP contribution in [-0.4, -0.2) is 93.6 Å². The highest BCUT2D eigenvalue weighted by Gasteiger charge is 2.64. The highest BCUT2D eigenvalue weighted by Crippen LogP contribution is 2.54. The molecule has 0 aromatic heterocycles. The van der Waals surface area contributed by atoms with Gasteiger partial charge in [-0.15, -0.1) is 0 Å². The molecule has 11 heteroatoms. The van der Waals surface area contributed by atoms with Crippen molar-refractivity contribution in [2.75, 3.05) is 34.3 Å². The van der Waals surface area contributed by atoms with Crippen molar-refractivity contribution in [3.8, 4) is 11.5 Å². The van der Waals surface area contributed by atoms with E-state index in [2.05, 4.69) is 11.8 Å². The molecule has 44 heavy (non-hydrogen) atoms. The predicted molar refractivity (Wildman–Crippen MR) is 163 cm³/mol. The van der Waals surface area contributed by atoms with Gasteiger partial charge in [0.05, 0.1) is 18.7 Å². The number of amides is 1. The van der Waals surface area contributed by atoms with Gasteiger partial charge < -0.3 is 30.9 Å². The fourth-order valence-corrected chi connectivity index (χ4v) is 8.16. The number of hydrogen-bond donors (Lipinski definition) is 5. The summed E-state index contributed by atoms with van der Waals surface area (Å²) in [5, 5.41) is 45.5. The van der Waals surface area contributed by atoms with E-state index in [1.54, 1.807) is 20.2 Å². The lowest BCUT2D eigenvalue weighted by Gasteiger charge is -2.50. The van der Waals surface area contributed by atoms with Gasteiger partial charge in [-0.3, -0.25) is 24.2 Å². The zero-order chi connectivity index (χ0) is 32.1. The summed E-state index contributed by atoms with van der Waals surface area (Å²) >= 11 is 0. The summed E-state index contributed by atoms with van der Waals surface area (Å²) in [5.74, 6) is -5.46. The van der Waals surface area contributed by atoms with Crippen LogP contribution >= 0.6 is 0 Å². The number of benzene rings is 1. The Morgan fingerprint density at radius 2 is 1.82 bits per heavy atom. The Morgan fingerprint density at radius 1 is 1.14 bits per heavy atom. The minimum Gasteiger partial charge on any atom is -0.508 e. The zero-order valence-corrected chi connectivity index (χ0v) is 26.1. The number of phenols is 1. The molecule has 4 aliphatic rings. The van der Waals surface area contributed by atoms with E-state index >= 15 is 0 Å². The van der Waals surface area contributed by atoms with Crippen LogP contribution in [0.25, 0.3) is 5.76 Å². The van der Waals surface area contributed by atoms with Crippen LogP contribution in [0.15, 0.2) is 23.0 Å². The third-order valence-electron chi connectivity index (χ3n) is 10.4. The van der Waals surface area contributed by atoms with Crippen molar-refractivity contribution in [2.45, 2.75) is 76.5 Å². The topological polar surface area (TPSA) is 174 Å². The molecule has 0 spiro atoms. The maximum atomic E-state index is 14.0. The predicted octanol–water partition coefficient (Wildman–Crippen LogP) is 2.76. The number of nitrogens with zero attached hydrogens (tertiary/aromatic N) is 2. The maximum Gasteiger partial charge on any atom is 0.255 e. The molecule has 5 rings (SSSR count). The van der Waals surface area contributed by atoms with Gasteiger partial charge in [0, 0.05) is 29.2 Å². The Hall–Kier alpha value is -3.41. The van der Waals surface area contributed by atoms with Crippen LogP contribution in [-0.2, 0) is 27.3 Å². The number of carbonyl (C=O) groups is 3. The van der Waals surface area contributed by atoms with E-state index in [4.69, 9.17) is 10.5 Å². The lowest BCUT2D eigenvalue weighted by atomic mass is 9.57. The number of fused-ring (bicyclic) bond motifs is 3. The standard InChI is InChI=1S/C33H45N3O8/c1-5-36(12-11-17-9-7-6-8-10-17)16-19-15-22(37)24-20(29(19)44-4)13-18-14-21-26(35(2)3)28(39)25(32(34)42)31(41)33(21,43)30(40)23(18)27(24)38/h15,17-18,21,26,37-38,41,43H,5-14,16H2,1-4H3,(H2,34,42)/t18-,21-,26-,33-/m0/s1. The van der Waals surface area contributed by atoms with Crippen molar-refractivity contribution in [1.29, 1.82) is 0 Å². The summed E-state index contributed by atoms with van der Waals surface area (Å²) in [6.07, 6.45) is 7.75. The Kier molecular flexibility index (Phi) is 8.85. The number of primary amides is 1. The fourth-order valence-electron chi connectivity index (χ4n) is 8.16. The van der Waals surface area contributed by atoms with Crippen LogP contribution in [0.2, 0.25) is 0 Å². The molecular weight excluding hydrogens is 566 g/mol. The molecule has 0 heterocycles. The Bertz CT molecular complexity index is 1430. The number of ketones is 2.